The Morgan fingerprint density at radius 2 is 2.12 bits per heavy atom. The molecule has 0 aromatic carbocycles. The summed E-state index contributed by atoms with van der Waals surface area (Å²) in [7, 11) is -1.45. The molecule has 0 amide bonds. The molecular weight excluding hydrogens is 230 g/mol. The van der Waals surface area contributed by atoms with Crippen molar-refractivity contribution in [1.82, 2.24) is 4.98 Å². The molecule has 2 rings (SSSR count). The Bertz CT molecular complexity index is 383. The van der Waals surface area contributed by atoms with Gasteiger partial charge in [-0.15, -0.1) is 6.58 Å². The second-order valence-electron chi connectivity index (χ2n) is 4.93. The first-order chi connectivity index (χ1) is 8.13. The molecule has 0 radical (unpaired) electrons. The third-order valence-corrected chi connectivity index (χ3v) is 6.02. The summed E-state index contributed by atoms with van der Waals surface area (Å²) in [6.07, 6.45) is 3.65. The van der Waals surface area contributed by atoms with Gasteiger partial charge in [-0.1, -0.05) is 25.2 Å². The van der Waals surface area contributed by atoms with E-state index in [1.54, 1.807) is 0 Å². The number of ether oxygens (including phenoxy) is 2. The van der Waals surface area contributed by atoms with Crippen molar-refractivity contribution in [3.8, 4) is 0 Å². The number of hydrogen-bond acceptors (Lipinski definition) is 3. The van der Waals surface area contributed by atoms with Gasteiger partial charge in [0.2, 0.25) is 0 Å². The molecule has 1 aliphatic heterocycles. The van der Waals surface area contributed by atoms with Crippen molar-refractivity contribution in [1.29, 1.82) is 0 Å². The fourth-order valence-corrected chi connectivity index (χ4v) is 3.84. The standard InChI is InChI=1S/C13H19NO2Si/c1-4-9-17(2,3)12-6-5-11(10-14-12)13-15-7-8-16-13/h4-6,10,13H,1,7-9H2,2-3H3. The van der Waals surface area contributed by atoms with Crippen molar-refractivity contribution < 1.29 is 9.47 Å². The summed E-state index contributed by atoms with van der Waals surface area (Å²) in [5, 5.41) is 1.21. The van der Waals surface area contributed by atoms with Crippen LogP contribution in [0.15, 0.2) is 31.0 Å². The van der Waals surface area contributed by atoms with Crippen LogP contribution >= 0.6 is 0 Å². The van der Waals surface area contributed by atoms with Crippen LogP contribution in [0.2, 0.25) is 19.1 Å². The SMILES string of the molecule is C=CC[Si](C)(C)c1ccc(C2OCCO2)cn1. The van der Waals surface area contributed by atoms with E-state index in [1.807, 2.05) is 12.3 Å². The summed E-state index contributed by atoms with van der Waals surface area (Å²) >= 11 is 0. The molecule has 17 heavy (non-hydrogen) atoms. The van der Waals surface area contributed by atoms with Gasteiger partial charge in [-0.3, -0.25) is 4.98 Å². The molecule has 1 aromatic heterocycles. The second-order valence-corrected chi connectivity index (χ2v) is 9.62. The molecule has 0 saturated carbocycles. The number of nitrogens with zero attached hydrogens (tertiary/aromatic N) is 1. The van der Waals surface area contributed by atoms with Gasteiger partial charge in [-0.05, 0) is 12.1 Å². The van der Waals surface area contributed by atoms with E-state index in [0.29, 0.717) is 13.2 Å². The van der Waals surface area contributed by atoms with Crippen molar-refractivity contribution in [3.05, 3.63) is 36.5 Å². The Morgan fingerprint density at radius 3 is 2.65 bits per heavy atom. The molecule has 1 fully saturated rings. The van der Waals surface area contributed by atoms with Gasteiger partial charge in [0.1, 0.15) is 8.07 Å². The number of rotatable bonds is 4. The molecule has 0 aliphatic carbocycles. The van der Waals surface area contributed by atoms with Crippen LogP contribution in [0.3, 0.4) is 0 Å². The van der Waals surface area contributed by atoms with Gasteiger partial charge in [-0.2, -0.15) is 0 Å². The van der Waals surface area contributed by atoms with Crippen LogP contribution in [0.1, 0.15) is 11.9 Å². The summed E-state index contributed by atoms with van der Waals surface area (Å²) in [4.78, 5) is 4.57. The molecule has 0 spiro atoms. The average Bonchev–Trinajstić information content (AvgIpc) is 2.82. The van der Waals surface area contributed by atoms with E-state index in [2.05, 4.69) is 36.8 Å². The number of allylic oxidation sites excluding steroid dienone is 1. The lowest BCUT2D eigenvalue weighted by molar-refractivity contribution is -0.0443. The Labute approximate surface area is 103 Å². The molecule has 2 heterocycles. The van der Waals surface area contributed by atoms with E-state index < -0.39 is 8.07 Å². The lowest BCUT2D eigenvalue weighted by atomic mass is 10.3. The molecule has 1 aromatic rings. The summed E-state index contributed by atoms with van der Waals surface area (Å²) in [6, 6.07) is 5.22. The fraction of sp³-hybridized carbons (Fsp3) is 0.462. The minimum absolute atomic E-state index is 0.222. The van der Waals surface area contributed by atoms with Gasteiger partial charge in [0.25, 0.3) is 0 Å². The van der Waals surface area contributed by atoms with E-state index in [4.69, 9.17) is 9.47 Å². The molecule has 0 N–H and O–H groups in total. The minimum atomic E-state index is -1.45. The second kappa shape index (κ2) is 5.12. The Hall–Kier alpha value is -0.973. The molecule has 1 aliphatic rings. The summed E-state index contributed by atoms with van der Waals surface area (Å²) in [6.45, 7) is 9.77. The molecule has 4 heteroatoms. The summed E-state index contributed by atoms with van der Waals surface area (Å²) in [5.41, 5.74) is 1.01. The first-order valence-electron chi connectivity index (χ1n) is 5.94. The highest BCUT2D eigenvalue weighted by Gasteiger charge is 2.24. The van der Waals surface area contributed by atoms with Gasteiger partial charge >= 0.3 is 0 Å². The lowest BCUT2D eigenvalue weighted by Crippen LogP contribution is -2.42. The van der Waals surface area contributed by atoms with E-state index in [9.17, 15) is 0 Å². The van der Waals surface area contributed by atoms with Gasteiger partial charge in [0.15, 0.2) is 6.29 Å². The Morgan fingerprint density at radius 1 is 1.41 bits per heavy atom. The highest BCUT2D eigenvalue weighted by molar-refractivity contribution is 6.89. The van der Waals surface area contributed by atoms with Crippen LogP contribution in [-0.4, -0.2) is 26.3 Å². The third kappa shape index (κ3) is 2.83. The third-order valence-electron chi connectivity index (χ3n) is 3.03. The highest BCUT2D eigenvalue weighted by atomic mass is 28.3. The molecule has 3 nitrogen and oxygen atoms in total. The van der Waals surface area contributed by atoms with E-state index in [-0.39, 0.29) is 6.29 Å². The van der Waals surface area contributed by atoms with Crippen molar-refractivity contribution >= 4 is 13.4 Å². The van der Waals surface area contributed by atoms with E-state index in [0.717, 1.165) is 11.6 Å². The zero-order chi connectivity index (χ0) is 12.3. The molecule has 0 unspecified atom stereocenters. The lowest BCUT2D eigenvalue weighted by Gasteiger charge is -2.20. The van der Waals surface area contributed by atoms with Crippen molar-refractivity contribution in [2.24, 2.45) is 0 Å². The topological polar surface area (TPSA) is 31.4 Å². The number of hydrogen-bond donors (Lipinski definition) is 0. The zero-order valence-electron chi connectivity index (χ0n) is 10.5. The quantitative estimate of drug-likeness (QED) is 0.606. The van der Waals surface area contributed by atoms with Gasteiger partial charge in [0, 0.05) is 17.1 Å². The average molecular weight is 249 g/mol. The largest absolute Gasteiger partial charge is 0.346 e. The van der Waals surface area contributed by atoms with Gasteiger partial charge in [0.05, 0.1) is 13.2 Å². The fourth-order valence-electron chi connectivity index (χ4n) is 1.96. The van der Waals surface area contributed by atoms with Crippen LogP contribution in [0.25, 0.3) is 0 Å². The summed E-state index contributed by atoms with van der Waals surface area (Å²) in [5.74, 6) is 0. The summed E-state index contributed by atoms with van der Waals surface area (Å²) < 4.78 is 10.9. The number of pyridine rings is 1. The normalized spacial score (nSPS) is 17.3. The molecular formula is C13H19NO2Si. The molecule has 92 valence electrons. The highest BCUT2D eigenvalue weighted by Crippen LogP contribution is 2.22. The zero-order valence-corrected chi connectivity index (χ0v) is 11.5. The molecule has 1 saturated heterocycles. The molecule has 0 atom stereocenters. The van der Waals surface area contributed by atoms with Gasteiger partial charge < -0.3 is 9.47 Å². The van der Waals surface area contributed by atoms with Crippen LogP contribution in [0.5, 0.6) is 0 Å². The van der Waals surface area contributed by atoms with Crippen LogP contribution in [-0.2, 0) is 9.47 Å². The number of aromatic nitrogens is 1. The van der Waals surface area contributed by atoms with Crippen LogP contribution in [0, 0.1) is 0 Å². The van der Waals surface area contributed by atoms with Crippen LogP contribution in [0.4, 0.5) is 0 Å². The first-order valence-corrected chi connectivity index (χ1v) is 9.15. The predicted octanol–water partition coefficient (Wildman–Crippen LogP) is 2.23. The maximum atomic E-state index is 5.44. The van der Waals surface area contributed by atoms with Crippen molar-refractivity contribution in [3.63, 3.8) is 0 Å². The van der Waals surface area contributed by atoms with E-state index >= 15 is 0 Å². The minimum Gasteiger partial charge on any atom is -0.346 e. The maximum Gasteiger partial charge on any atom is 0.185 e. The van der Waals surface area contributed by atoms with Crippen LogP contribution < -0.4 is 5.32 Å². The smallest absolute Gasteiger partial charge is 0.185 e. The first kappa shape index (κ1) is 12.5. The van der Waals surface area contributed by atoms with Crippen molar-refractivity contribution in [2.75, 3.05) is 13.2 Å². The monoisotopic (exact) mass is 249 g/mol. The molecule has 0 bridgehead atoms. The van der Waals surface area contributed by atoms with Gasteiger partial charge in [-0.25, -0.2) is 0 Å². The van der Waals surface area contributed by atoms with Crippen molar-refractivity contribution in [2.45, 2.75) is 25.4 Å². The maximum absolute atomic E-state index is 5.44. The predicted molar refractivity (Wildman–Crippen MR) is 71.0 cm³/mol. The van der Waals surface area contributed by atoms with E-state index in [1.165, 1.54) is 5.32 Å². The Balaban J connectivity index is 2.14. The Kier molecular flexibility index (Phi) is 3.76.